The van der Waals surface area contributed by atoms with Crippen LogP contribution in [0.2, 0.25) is 0 Å². The van der Waals surface area contributed by atoms with E-state index in [2.05, 4.69) is 13.8 Å². The van der Waals surface area contributed by atoms with Gasteiger partial charge in [-0.25, -0.2) is 0 Å². The third kappa shape index (κ3) is 5.25. The minimum absolute atomic E-state index is 0.0267. The van der Waals surface area contributed by atoms with Crippen LogP contribution >= 0.6 is 0 Å². The molecule has 0 bridgehead atoms. The molecule has 3 heteroatoms. The molecule has 0 aromatic heterocycles. The molecule has 0 heterocycles. The Kier molecular flexibility index (Phi) is 7.06. The van der Waals surface area contributed by atoms with Crippen molar-refractivity contribution in [3.05, 3.63) is 35.9 Å². The molecule has 1 aromatic rings. The number of hydrogen-bond donors (Lipinski definition) is 2. The lowest BCUT2D eigenvalue weighted by atomic mass is 9.72. The Labute approximate surface area is 128 Å². The summed E-state index contributed by atoms with van der Waals surface area (Å²) in [6, 6.07) is 9.80. The highest BCUT2D eigenvalue weighted by Gasteiger charge is 2.32. The molecular formula is C18H28O3. The standard InChI is InChI=1S/C18H28O3/c1-14(2)16(11-19)9-18(3,13-21)10-17(12-20)15-7-5-4-6-8-15/h4-8,13-14,16-17,19-20H,9-12H2,1-3H3/t16-,17?,18?/m0/s1. The first-order valence-corrected chi connectivity index (χ1v) is 7.68. The van der Waals surface area contributed by atoms with Crippen molar-refractivity contribution in [1.82, 2.24) is 0 Å². The van der Waals surface area contributed by atoms with Crippen LogP contribution in [0.3, 0.4) is 0 Å². The van der Waals surface area contributed by atoms with E-state index in [9.17, 15) is 15.0 Å². The van der Waals surface area contributed by atoms with Crippen molar-refractivity contribution >= 4 is 6.29 Å². The molecule has 0 fully saturated rings. The van der Waals surface area contributed by atoms with E-state index >= 15 is 0 Å². The molecule has 0 aliphatic carbocycles. The molecule has 21 heavy (non-hydrogen) atoms. The highest BCUT2D eigenvalue weighted by atomic mass is 16.3. The molecule has 1 rings (SSSR count). The third-order valence-corrected chi connectivity index (χ3v) is 4.39. The average molecular weight is 292 g/mol. The van der Waals surface area contributed by atoms with Crippen LogP contribution in [0.25, 0.3) is 0 Å². The van der Waals surface area contributed by atoms with Crippen LogP contribution in [0.15, 0.2) is 30.3 Å². The van der Waals surface area contributed by atoms with Crippen LogP contribution in [-0.2, 0) is 4.79 Å². The summed E-state index contributed by atoms with van der Waals surface area (Å²) in [5.74, 6) is 0.391. The van der Waals surface area contributed by atoms with Crippen LogP contribution in [0, 0.1) is 17.3 Å². The lowest BCUT2D eigenvalue weighted by molar-refractivity contribution is -0.117. The SMILES string of the molecule is CC(C)[C@H](CO)CC(C)(C=O)CC(CO)c1ccccc1. The highest BCUT2D eigenvalue weighted by molar-refractivity contribution is 5.59. The maximum atomic E-state index is 11.6. The van der Waals surface area contributed by atoms with Crippen molar-refractivity contribution in [3.63, 3.8) is 0 Å². The van der Waals surface area contributed by atoms with E-state index in [1.165, 1.54) is 0 Å². The smallest absolute Gasteiger partial charge is 0.125 e. The van der Waals surface area contributed by atoms with E-state index in [1.54, 1.807) is 0 Å². The maximum Gasteiger partial charge on any atom is 0.125 e. The molecule has 1 aromatic carbocycles. The summed E-state index contributed by atoms with van der Waals surface area (Å²) >= 11 is 0. The first kappa shape index (κ1) is 17.9. The number of aliphatic hydroxyl groups excluding tert-OH is 2. The Balaban J connectivity index is 2.85. The number of aliphatic hydroxyl groups is 2. The summed E-state index contributed by atoms with van der Waals surface area (Å²) in [6.07, 6.45) is 2.23. The predicted molar refractivity (Wildman–Crippen MR) is 85.1 cm³/mol. The zero-order valence-corrected chi connectivity index (χ0v) is 13.3. The van der Waals surface area contributed by atoms with Gasteiger partial charge in [-0.15, -0.1) is 0 Å². The minimum Gasteiger partial charge on any atom is -0.396 e. The van der Waals surface area contributed by atoms with Crippen molar-refractivity contribution < 1.29 is 15.0 Å². The zero-order valence-electron chi connectivity index (χ0n) is 13.3. The molecule has 0 saturated heterocycles. The topological polar surface area (TPSA) is 57.5 Å². The van der Waals surface area contributed by atoms with Crippen molar-refractivity contribution in [2.24, 2.45) is 17.3 Å². The van der Waals surface area contributed by atoms with Gasteiger partial charge in [0, 0.05) is 24.5 Å². The molecule has 0 saturated carbocycles. The molecular weight excluding hydrogens is 264 g/mol. The van der Waals surface area contributed by atoms with Gasteiger partial charge in [0.15, 0.2) is 0 Å². The first-order chi connectivity index (χ1) is 9.95. The van der Waals surface area contributed by atoms with Crippen LogP contribution < -0.4 is 0 Å². The van der Waals surface area contributed by atoms with Crippen LogP contribution in [-0.4, -0.2) is 29.7 Å². The molecule has 0 radical (unpaired) electrons. The summed E-state index contributed by atoms with van der Waals surface area (Å²) in [7, 11) is 0. The summed E-state index contributed by atoms with van der Waals surface area (Å²) in [5.41, 5.74) is 0.527. The number of benzene rings is 1. The van der Waals surface area contributed by atoms with Gasteiger partial charge in [-0.1, -0.05) is 51.1 Å². The predicted octanol–water partition coefficient (Wildman–Crippen LogP) is 3.01. The lowest BCUT2D eigenvalue weighted by Gasteiger charge is -2.32. The van der Waals surface area contributed by atoms with E-state index < -0.39 is 5.41 Å². The van der Waals surface area contributed by atoms with Crippen molar-refractivity contribution in [3.8, 4) is 0 Å². The Morgan fingerprint density at radius 1 is 1.10 bits per heavy atom. The second-order valence-corrected chi connectivity index (χ2v) is 6.66. The van der Waals surface area contributed by atoms with Gasteiger partial charge in [-0.05, 0) is 30.2 Å². The molecule has 0 amide bonds. The van der Waals surface area contributed by atoms with E-state index in [-0.39, 0.29) is 25.0 Å². The van der Waals surface area contributed by atoms with Crippen LogP contribution in [0.5, 0.6) is 0 Å². The number of hydrogen-bond acceptors (Lipinski definition) is 3. The quantitative estimate of drug-likeness (QED) is 0.688. The number of carbonyl (C=O) groups excluding carboxylic acids is 1. The number of carbonyl (C=O) groups is 1. The molecule has 0 spiro atoms. The Hall–Kier alpha value is -1.19. The fraction of sp³-hybridized carbons (Fsp3) is 0.611. The fourth-order valence-electron chi connectivity index (χ4n) is 2.87. The summed E-state index contributed by atoms with van der Waals surface area (Å²) in [6.45, 7) is 6.17. The van der Waals surface area contributed by atoms with Gasteiger partial charge < -0.3 is 15.0 Å². The number of rotatable bonds is 9. The summed E-state index contributed by atoms with van der Waals surface area (Å²) in [4.78, 5) is 11.6. The van der Waals surface area contributed by atoms with Gasteiger partial charge >= 0.3 is 0 Å². The molecule has 0 aliphatic heterocycles. The second kappa shape index (κ2) is 8.30. The van der Waals surface area contributed by atoms with Crippen LogP contribution in [0.1, 0.15) is 45.1 Å². The van der Waals surface area contributed by atoms with Gasteiger partial charge in [-0.3, -0.25) is 0 Å². The van der Waals surface area contributed by atoms with Gasteiger partial charge in [0.1, 0.15) is 6.29 Å². The Morgan fingerprint density at radius 3 is 2.14 bits per heavy atom. The summed E-state index contributed by atoms with van der Waals surface area (Å²) in [5, 5.41) is 19.2. The second-order valence-electron chi connectivity index (χ2n) is 6.66. The fourth-order valence-corrected chi connectivity index (χ4v) is 2.87. The average Bonchev–Trinajstić information content (AvgIpc) is 2.51. The van der Waals surface area contributed by atoms with Gasteiger partial charge in [0.05, 0.1) is 0 Å². The van der Waals surface area contributed by atoms with E-state index in [0.717, 1.165) is 11.8 Å². The molecule has 3 atom stereocenters. The summed E-state index contributed by atoms with van der Waals surface area (Å²) < 4.78 is 0. The molecule has 2 N–H and O–H groups in total. The van der Waals surface area contributed by atoms with Crippen molar-refractivity contribution in [1.29, 1.82) is 0 Å². The van der Waals surface area contributed by atoms with E-state index in [4.69, 9.17) is 0 Å². The van der Waals surface area contributed by atoms with Crippen molar-refractivity contribution in [2.45, 2.75) is 39.5 Å². The van der Waals surface area contributed by atoms with Gasteiger partial charge in [0.2, 0.25) is 0 Å². The highest BCUT2D eigenvalue weighted by Crippen LogP contribution is 2.37. The molecule has 0 aliphatic rings. The normalized spacial score (nSPS) is 17.2. The number of aldehydes is 1. The van der Waals surface area contributed by atoms with Crippen molar-refractivity contribution in [2.75, 3.05) is 13.2 Å². The third-order valence-electron chi connectivity index (χ3n) is 4.39. The minimum atomic E-state index is -0.527. The van der Waals surface area contributed by atoms with Gasteiger partial charge in [0.25, 0.3) is 0 Å². The monoisotopic (exact) mass is 292 g/mol. The largest absolute Gasteiger partial charge is 0.396 e. The van der Waals surface area contributed by atoms with E-state index in [1.807, 2.05) is 37.3 Å². The molecule has 118 valence electrons. The van der Waals surface area contributed by atoms with Gasteiger partial charge in [-0.2, -0.15) is 0 Å². The molecule has 2 unspecified atom stereocenters. The Morgan fingerprint density at radius 2 is 1.71 bits per heavy atom. The molecule has 3 nitrogen and oxygen atoms in total. The first-order valence-electron chi connectivity index (χ1n) is 7.68. The maximum absolute atomic E-state index is 11.6. The lowest BCUT2D eigenvalue weighted by Crippen LogP contribution is -2.29. The zero-order chi connectivity index (χ0) is 15.9. The van der Waals surface area contributed by atoms with Crippen LogP contribution in [0.4, 0.5) is 0 Å². The van der Waals surface area contributed by atoms with E-state index in [0.29, 0.717) is 18.8 Å². The Bertz CT molecular complexity index is 416.